The van der Waals surface area contributed by atoms with E-state index in [-0.39, 0.29) is 23.4 Å². The first kappa shape index (κ1) is 14.4. The molecule has 0 radical (unpaired) electrons. The molecule has 5 nitrogen and oxygen atoms in total. The number of aliphatic imine (C=N–C) groups is 1. The minimum Gasteiger partial charge on any atom is -0.481 e. The highest BCUT2D eigenvalue weighted by atomic mass is 35.5. The Balaban J connectivity index is 2.84. The normalized spacial score (nSPS) is 11.2. The first-order valence-corrected chi connectivity index (χ1v) is 6.01. The standard InChI is InChI=1S/C12H15ClN2O3/c1-3-17-10(8-11(16)18-4-2)15-9-6-5-7-14-12(9)13/h5-7H,3-4,8H2,1-2H3/b15-10-. The molecule has 0 bridgehead atoms. The van der Waals surface area contributed by atoms with Gasteiger partial charge in [-0.25, -0.2) is 9.98 Å². The van der Waals surface area contributed by atoms with Crippen molar-refractivity contribution in [2.45, 2.75) is 20.3 Å². The van der Waals surface area contributed by atoms with Crippen molar-refractivity contribution in [3.05, 3.63) is 23.5 Å². The molecule has 1 aromatic rings. The van der Waals surface area contributed by atoms with Gasteiger partial charge in [0, 0.05) is 6.20 Å². The number of pyridine rings is 1. The maximum absolute atomic E-state index is 11.4. The number of hydrogen-bond donors (Lipinski definition) is 0. The summed E-state index contributed by atoms with van der Waals surface area (Å²) in [6.45, 7) is 4.29. The van der Waals surface area contributed by atoms with E-state index in [1.807, 2.05) is 6.92 Å². The molecule has 0 atom stereocenters. The zero-order valence-electron chi connectivity index (χ0n) is 10.4. The molecule has 0 N–H and O–H groups in total. The fourth-order valence-electron chi connectivity index (χ4n) is 1.22. The predicted molar refractivity (Wildman–Crippen MR) is 69.2 cm³/mol. The Bertz CT molecular complexity index is 435. The summed E-state index contributed by atoms with van der Waals surface area (Å²) in [5, 5.41) is 0.263. The van der Waals surface area contributed by atoms with E-state index in [0.29, 0.717) is 18.9 Å². The highest BCUT2D eigenvalue weighted by molar-refractivity contribution is 6.31. The molecule has 1 rings (SSSR count). The first-order chi connectivity index (χ1) is 8.67. The van der Waals surface area contributed by atoms with Crippen molar-refractivity contribution in [1.82, 2.24) is 4.98 Å². The molecule has 0 amide bonds. The number of esters is 1. The smallest absolute Gasteiger partial charge is 0.315 e. The second-order valence-electron chi connectivity index (χ2n) is 3.23. The average Bonchev–Trinajstić information content (AvgIpc) is 2.32. The number of ether oxygens (including phenoxy) is 2. The van der Waals surface area contributed by atoms with Crippen LogP contribution in [0.3, 0.4) is 0 Å². The van der Waals surface area contributed by atoms with Crippen LogP contribution in [0.5, 0.6) is 0 Å². The van der Waals surface area contributed by atoms with Crippen molar-refractivity contribution in [2.24, 2.45) is 4.99 Å². The van der Waals surface area contributed by atoms with Gasteiger partial charge in [0.2, 0.25) is 0 Å². The summed E-state index contributed by atoms with van der Waals surface area (Å²) in [5.41, 5.74) is 0.465. The lowest BCUT2D eigenvalue weighted by molar-refractivity contribution is -0.141. The van der Waals surface area contributed by atoms with Crippen molar-refractivity contribution >= 4 is 29.2 Å². The maximum Gasteiger partial charge on any atom is 0.315 e. The summed E-state index contributed by atoms with van der Waals surface area (Å²) in [7, 11) is 0. The molecule has 0 saturated heterocycles. The van der Waals surface area contributed by atoms with Crippen LogP contribution in [0.4, 0.5) is 5.69 Å². The lowest BCUT2D eigenvalue weighted by Crippen LogP contribution is -2.14. The summed E-state index contributed by atoms with van der Waals surface area (Å²) in [6.07, 6.45) is 1.54. The molecule has 0 aromatic carbocycles. The minimum atomic E-state index is -0.385. The van der Waals surface area contributed by atoms with Gasteiger partial charge in [0.05, 0.1) is 13.2 Å². The molecule has 0 fully saturated rings. The number of carbonyl (C=O) groups excluding carboxylic acids is 1. The van der Waals surface area contributed by atoms with Gasteiger partial charge in [0.25, 0.3) is 0 Å². The van der Waals surface area contributed by atoms with Crippen LogP contribution >= 0.6 is 11.6 Å². The van der Waals surface area contributed by atoms with Crippen LogP contribution in [0.15, 0.2) is 23.3 Å². The Morgan fingerprint density at radius 3 is 2.72 bits per heavy atom. The summed E-state index contributed by atoms with van der Waals surface area (Å²) < 4.78 is 10.1. The third kappa shape index (κ3) is 4.71. The Kier molecular flexibility index (Phi) is 6.14. The summed E-state index contributed by atoms with van der Waals surface area (Å²) in [6, 6.07) is 3.40. The molecule has 0 aliphatic rings. The predicted octanol–water partition coefficient (Wildman–Crippen LogP) is 2.75. The fourth-order valence-corrected chi connectivity index (χ4v) is 1.38. The van der Waals surface area contributed by atoms with Gasteiger partial charge in [0.15, 0.2) is 11.1 Å². The van der Waals surface area contributed by atoms with Crippen molar-refractivity contribution < 1.29 is 14.3 Å². The number of hydrogen-bond acceptors (Lipinski definition) is 5. The van der Waals surface area contributed by atoms with Crippen LogP contribution in [-0.2, 0) is 14.3 Å². The molecule has 0 spiro atoms. The summed E-state index contributed by atoms with van der Waals surface area (Å²) >= 11 is 5.88. The summed E-state index contributed by atoms with van der Waals surface area (Å²) in [4.78, 5) is 19.4. The largest absolute Gasteiger partial charge is 0.481 e. The molecule has 0 aliphatic carbocycles. The van der Waals surface area contributed by atoms with Crippen molar-refractivity contribution in [3.63, 3.8) is 0 Å². The van der Waals surface area contributed by atoms with Gasteiger partial charge in [-0.05, 0) is 26.0 Å². The Morgan fingerprint density at radius 1 is 1.39 bits per heavy atom. The van der Waals surface area contributed by atoms with E-state index in [1.54, 1.807) is 25.3 Å². The van der Waals surface area contributed by atoms with Crippen LogP contribution in [0.25, 0.3) is 0 Å². The van der Waals surface area contributed by atoms with Gasteiger partial charge in [0.1, 0.15) is 12.1 Å². The van der Waals surface area contributed by atoms with Gasteiger partial charge in [-0.15, -0.1) is 0 Å². The molecular formula is C12H15ClN2O3. The highest BCUT2D eigenvalue weighted by Gasteiger charge is 2.10. The van der Waals surface area contributed by atoms with E-state index in [0.717, 1.165) is 0 Å². The van der Waals surface area contributed by atoms with Crippen molar-refractivity contribution in [2.75, 3.05) is 13.2 Å². The SMILES string of the molecule is CCOC(=O)C/C(=N/c1cccnc1Cl)OCC. The second kappa shape index (κ2) is 7.66. The lowest BCUT2D eigenvalue weighted by Gasteiger charge is -2.07. The number of aromatic nitrogens is 1. The number of carbonyl (C=O) groups is 1. The molecule has 0 aliphatic heterocycles. The van der Waals surface area contributed by atoms with Gasteiger partial charge < -0.3 is 9.47 Å². The summed E-state index contributed by atoms with van der Waals surface area (Å²) in [5.74, 6) is -0.115. The molecule has 98 valence electrons. The fraction of sp³-hybridized carbons (Fsp3) is 0.417. The molecular weight excluding hydrogens is 256 g/mol. The third-order valence-electron chi connectivity index (χ3n) is 1.90. The first-order valence-electron chi connectivity index (χ1n) is 5.63. The molecule has 0 saturated carbocycles. The van der Waals surface area contributed by atoms with Gasteiger partial charge >= 0.3 is 5.97 Å². The van der Waals surface area contributed by atoms with Crippen molar-refractivity contribution in [1.29, 1.82) is 0 Å². The van der Waals surface area contributed by atoms with Gasteiger partial charge in [-0.3, -0.25) is 4.79 Å². The number of rotatable bonds is 5. The van der Waals surface area contributed by atoms with Crippen LogP contribution < -0.4 is 0 Å². The van der Waals surface area contributed by atoms with Crippen LogP contribution in [-0.4, -0.2) is 30.1 Å². The minimum absolute atomic E-state index is 0.0209. The zero-order chi connectivity index (χ0) is 13.4. The molecule has 1 heterocycles. The van der Waals surface area contributed by atoms with E-state index < -0.39 is 0 Å². The van der Waals surface area contributed by atoms with Crippen LogP contribution in [0, 0.1) is 0 Å². The lowest BCUT2D eigenvalue weighted by atomic mass is 10.4. The van der Waals surface area contributed by atoms with Gasteiger partial charge in [-0.1, -0.05) is 11.6 Å². The Labute approximate surface area is 111 Å². The molecule has 1 aromatic heterocycles. The second-order valence-corrected chi connectivity index (χ2v) is 3.59. The van der Waals surface area contributed by atoms with Crippen LogP contribution in [0.1, 0.15) is 20.3 Å². The topological polar surface area (TPSA) is 60.8 Å². The quantitative estimate of drug-likeness (QED) is 0.357. The van der Waals surface area contributed by atoms with Gasteiger partial charge in [-0.2, -0.15) is 0 Å². The van der Waals surface area contributed by atoms with Crippen molar-refractivity contribution in [3.8, 4) is 0 Å². The molecule has 0 unspecified atom stereocenters. The van der Waals surface area contributed by atoms with E-state index >= 15 is 0 Å². The average molecular weight is 271 g/mol. The molecule has 6 heteroatoms. The maximum atomic E-state index is 11.4. The zero-order valence-corrected chi connectivity index (χ0v) is 11.1. The van der Waals surface area contributed by atoms with E-state index in [9.17, 15) is 4.79 Å². The van der Waals surface area contributed by atoms with E-state index in [2.05, 4.69) is 9.98 Å². The highest BCUT2D eigenvalue weighted by Crippen LogP contribution is 2.21. The Morgan fingerprint density at radius 2 is 2.11 bits per heavy atom. The van der Waals surface area contributed by atoms with Crippen LogP contribution in [0.2, 0.25) is 5.15 Å². The van der Waals surface area contributed by atoms with E-state index in [4.69, 9.17) is 21.1 Å². The Hall–Kier alpha value is -1.62. The monoisotopic (exact) mass is 270 g/mol. The third-order valence-corrected chi connectivity index (χ3v) is 2.19. The molecule has 18 heavy (non-hydrogen) atoms. The van der Waals surface area contributed by atoms with E-state index in [1.165, 1.54) is 0 Å². The number of halogens is 1. The number of nitrogens with zero attached hydrogens (tertiary/aromatic N) is 2.